The van der Waals surface area contributed by atoms with Crippen molar-refractivity contribution in [1.29, 1.82) is 0 Å². The number of hydrogen-bond acceptors (Lipinski definition) is 7. The van der Waals surface area contributed by atoms with Crippen LogP contribution in [0.3, 0.4) is 0 Å². The minimum absolute atomic E-state index is 0.251. The average molecular weight is 521 g/mol. The molecule has 0 radical (unpaired) electrons. The van der Waals surface area contributed by atoms with Gasteiger partial charge in [-0.1, -0.05) is 30.3 Å². The summed E-state index contributed by atoms with van der Waals surface area (Å²) in [6.07, 6.45) is 3.06. The Morgan fingerprint density at radius 2 is 1.79 bits per heavy atom. The molecule has 0 aliphatic carbocycles. The number of aromatic nitrogens is 4. The van der Waals surface area contributed by atoms with E-state index < -0.39 is 11.7 Å². The molecular formula is C31H32N6O2. The van der Waals surface area contributed by atoms with E-state index in [1.54, 1.807) is 6.20 Å². The Hall–Kier alpha value is -4.46. The molecule has 1 aliphatic rings. The van der Waals surface area contributed by atoms with E-state index in [-0.39, 0.29) is 6.04 Å². The van der Waals surface area contributed by atoms with Crippen LogP contribution in [0.25, 0.3) is 33.1 Å². The quantitative estimate of drug-likeness (QED) is 0.283. The molecule has 4 heterocycles. The highest BCUT2D eigenvalue weighted by Gasteiger charge is 2.28. The van der Waals surface area contributed by atoms with Gasteiger partial charge in [0, 0.05) is 48.2 Å². The Morgan fingerprint density at radius 1 is 0.974 bits per heavy atom. The van der Waals surface area contributed by atoms with Gasteiger partial charge in [0.25, 0.3) is 0 Å². The van der Waals surface area contributed by atoms with Gasteiger partial charge in [0.2, 0.25) is 0 Å². The minimum Gasteiger partial charge on any atom is -0.442 e. The van der Waals surface area contributed by atoms with Crippen LogP contribution >= 0.6 is 0 Å². The van der Waals surface area contributed by atoms with Gasteiger partial charge in [-0.2, -0.15) is 9.78 Å². The fourth-order valence-electron chi connectivity index (χ4n) is 5.23. The molecule has 198 valence electrons. The number of nitrogens with zero attached hydrogens (tertiary/aromatic N) is 6. The van der Waals surface area contributed by atoms with Gasteiger partial charge in [0.15, 0.2) is 0 Å². The summed E-state index contributed by atoms with van der Waals surface area (Å²) < 4.78 is 6.86. The molecule has 39 heavy (non-hydrogen) atoms. The molecule has 1 saturated heterocycles. The van der Waals surface area contributed by atoms with E-state index in [4.69, 9.17) is 9.72 Å². The third kappa shape index (κ3) is 4.90. The van der Waals surface area contributed by atoms with Crippen molar-refractivity contribution in [3.05, 3.63) is 79.1 Å². The third-order valence-electron chi connectivity index (χ3n) is 7.02. The zero-order valence-electron chi connectivity index (χ0n) is 22.7. The summed E-state index contributed by atoms with van der Waals surface area (Å²) in [6.45, 7) is 10.4. The molecule has 5 aromatic rings. The first-order valence-corrected chi connectivity index (χ1v) is 13.3. The Morgan fingerprint density at radius 3 is 2.56 bits per heavy atom. The highest BCUT2D eigenvalue weighted by Crippen LogP contribution is 2.36. The van der Waals surface area contributed by atoms with Gasteiger partial charge in [-0.15, -0.1) is 0 Å². The molecule has 8 nitrogen and oxygen atoms in total. The maximum Gasteiger partial charge on any atom is 0.435 e. The number of carbonyl (C=O) groups excluding carboxylic acids is 1. The molecule has 3 aromatic heterocycles. The molecule has 1 atom stereocenters. The molecule has 1 unspecified atom stereocenters. The molecule has 0 saturated carbocycles. The topological polar surface area (TPSA) is 76.4 Å². The first-order valence-electron chi connectivity index (χ1n) is 13.3. The molecule has 0 bridgehead atoms. The number of anilines is 2. The molecule has 0 spiro atoms. The van der Waals surface area contributed by atoms with Gasteiger partial charge in [-0.3, -0.25) is 0 Å². The molecule has 1 aliphatic heterocycles. The number of fused-ring (bicyclic) bond motifs is 2. The normalized spacial score (nSPS) is 16.2. The lowest BCUT2D eigenvalue weighted by Crippen LogP contribution is -2.52. The van der Waals surface area contributed by atoms with Crippen LogP contribution in [0.4, 0.5) is 16.3 Å². The SMILES string of the molecule is CC1CN(c2ccccn2)CCN1c1cc2ccccc2nc1-c1ccc2c(cnn2C(=O)OC(C)(C)C)c1. The second kappa shape index (κ2) is 9.69. The predicted molar refractivity (Wildman–Crippen MR) is 155 cm³/mol. The second-order valence-electron chi connectivity index (χ2n) is 11.0. The van der Waals surface area contributed by atoms with Crippen LogP contribution in [0, 0.1) is 0 Å². The molecule has 0 amide bonds. The summed E-state index contributed by atoms with van der Waals surface area (Å²) >= 11 is 0. The Labute approximate surface area is 227 Å². The molecule has 8 heteroatoms. The number of para-hydroxylation sites is 1. The van der Waals surface area contributed by atoms with Crippen LogP contribution in [-0.4, -0.2) is 57.1 Å². The van der Waals surface area contributed by atoms with Gasteiger partial charge in [0.1, 0.15) is 11.4 Å². The molecule has 2 aromatic carbocycles. The first-order chi connectivity index (χ1) is 18.8. The number of hydrogen-bond donors (Lipinski definition) is 0. The molecule has 1 fully saturated rings. The van der Waals surface area contributed by atoms with Gasteiger partial charge in [-0.05, 0) is 64.1 Å². The lowest BCUT2D eigenvalue weighted by atomic mass is 10.0. The van der Waals surface area contributed by atoms with Crippen molar-refractivity contribution in [2.45, 2.75) is 39.3 Å². The van der Waals surface area contributed by atoms with Crippen molar-refractivity contribution in [2.24, 2.45) is 0 Å². The van der Waals surface area contributed by atoms with Crippen LogP contribution in [-0.2, 0) is 4.74 Å². The van der Waals surface area contributed by atoms with Crippen LogP contribution < -0.4 is 9.80 Å². The van der Waals surface area contributed by atoms with E-state index in [2.05, 4.69) is 51.1 Å². The van der Waals surface area contributed by atoms with Gasteiger partial charge >= 0.3 is 6.09 Å². The first kappa shape index (κ1) is 24.9. The fraction of sp³-hybridized carbons (Fsp3) is 0.290. The Kier molecular flexibility index (Phi) is 6.17. The highest BCUT2D eigenvalue weighted by atomic mass is 16.6. The lowest BCUT2D eigenvalue weighted by Gasteiger charge is -2.42. The number of benzene rings is 2. The minimum atomic E-state index is -0.601. The number of rotatable bonds is 3. The van der Waals surface area contributed by atoms with Gasteiger partial charge in [0.05, 0.1) is 28.6 Å². The van der Waals surface area contributed by atoms with E-state index in [1.807, 2.05) is 69.4 Å². The standard InChI is InChI=1S/C31H32N6O2/c1-21-20-35(28-11-7-8-14-32-28)15-16-36(21)27-18-22-9-5-6-10-25(22)34-29(27)23-12-13-26-24(17-23)19-33-37(26)30(38)39-31(2,3)4/h5-14,17-19,21H,15-16,20H2,1-4H3. The van der Waals surface area contributed by atoms with Crippen LogP contribution in [0.1, 0.15) is 27.7 Å². The van der Waals surface area contributed by atoms with E-state index in [9.17, 15) is 4.79 Å². The van der Waals surface area contributed by atoms with Crippen LogP contribution in [0.2, 0.25) is 0 Å². The third-order valence-corrected chi connectivity index (χ3v) is 7.02. The van der Waals surface area contributed by atoms with Crippen molar-refractivity contribution >= 4 is 39.4 Å². The largest absolute Gasteiger partial charge is 0.442 e. The predicted octanol–water partition coefficient (Wildman–Crippen LogP) is 6.14. The number of pyridine rings is 2. The van der Waals surface area contributed by atoms with Crippen molar-refractivity contribution in [2.75, 3.05) is 29.4 Å². The number of piperazine rings is 1. The van der Waals surface area contributed by atoms with E-state index in [0.29, 0.717) is 5.52 Å². The summed E-state index contributed by atoms with van der Waals surface area (Å²) in [5.74, 6) is 1.01. The summed E-state index contributed by atoms with van der Waals surface area (Å²) in [4.78, 5) is 27.2. The smallest absolute Gasteiger partial charge is 0.435 e. The van der Waals surface area contributed by atoms with Crippen molar-refractivity contribution < 1.29 is 9.53 Å². The van der Waals surface area contributed by atoms with E-state index in [0.717, 1.165) is 58.7 Å². The van der Waals surface area contributed by atoms with Gasteiger partial charge < -0.3 is 14.5 Å². The molecular weight excluding hydrogens is 488 g/mol. The zero-order chi connectivity index (χ0) is 27.1. The molecule has 6 rings (SSSR count). The highest BCUT2D eigenvalue weighted by molar-refractivity contribution is 5.94. The number of ether oxygens (including phenoxy) is 1. The van der Waals surface area contributed by atoms with Crippen LogP contribution in [0.5, 0.6) is 0 Å². The Balaban J connectivity index is 1.38. The number of carbonyl (C=O) groups is 1. The second-order valence-corrected chi connectivity index (χ2v) is 11.0. The van der Waals surface area contributed by atoms with Crippen molar-refractivity contribution in [3.8, 4) is 11.3 Å². The van der Waals surface area contributed by atoms with E-state index >= 15 is 0 Å². The van der Waals surface area contributed by atoms with Crippen molar-refractivity contribution in [1.82, 2.24) is 19.7 Å². The summed E-state index contributed by atoms with van der Waals surface area (Å²) in [7, 11) is 0. The van der Waals surface area contributed by atoms with Gasteiger partial charge in [-0.25, -0.2) is 14.8 Å². The summed E-state index contributed by atoms with van der Waals surface area (Å²) in [6, 6.07) is 22.8. The lowest BCUT2D eigenvalue weighted by molar-refractivity contribution is 0.0522. The Bertz CT molecular complexity index is 1660. The van der Waals surface area contributed by atoms with Crippen LogP contribution in [0.15, 0.2) is 79.1 Å². The maximum atomic E-state index is 12.7. The molecule has 0 N–H and O–H groups in total. The monoisotopic (exact) mass is 520 g/mol. The zero-order valence-corrected chi connectivity index (χ0v) is 22.7. The van der Waals surface area contributed by atoms with E-state index in [1.165, 1.54) is 4.68 Å². The maximum absolute atomic E-state index is 12.7. The summed E-state index contributed by atoms with van der Waals surface area (Å²) in [5, 5.41) is 6.29. The summed E-state index contributed by atoms with van der Waals surface area (Å²) in [5.41, 5.74) is 4.04. The average Bonchev–Trinajstić information content (AvgIpc) is 3.35. The van der Waals surface area contributed by atoms with Crippen molar-refractivity contribution in [3.63, 3.8) is 0 Å². The fourth-order valence-corrected chi connectivity index (χ4v) is 5.23.